The molecule has 22 heavy (non-hydrogen) atoms. The largest absolute Gasteiger partial charge is 0.481 e. The van der Waals surface area contributed by atoms with Gasteiger partial charge in [0.1, 0.15) is 0 Å². The summed E-state index contributed by atoms with van der Waals surface area (Å²) in [5, 5.41) is 11.5. The second-order valence-corrected chi connectivity index (χ2v) is 5.24. The molecule has 0 saturated carbocycles. The van der Waals surface area contributed by atoms with Gasteiger partial charge in [-0.1, -0.05) is 36.4 Å². The number of carbonyl (C=O) groups is 2. The molecular formula is C18H19NO3. The maximum Gasteiger partial charge on any atom is 0.303 e. The Morgan fingerprint density at radius 1 is 1.05 bits per heavy atom. The van der Waals surface area contributed by atoms with Gasteiger partial charge in [0, 0.05) is 12.1 Å². The van der Waals surface area contributed by atoms with Crippen LogP contribution in [0.1, 0.15) is 23.1 Å². The molecule has 0 aromatic heterocycles. The van der Waals surface area contributed by atoms with Crippen molar-refractivity contribution >= 4 is 17.6 Å². The third kappa shape index (κ3) is 4.74. The third-order valence-corrected chi connectivity index (χ3v) is 3.48. The molecule has 0 aliphatic rings. The number of rotatable bonds is 6. The fraction of sp³-hybridized carbons (Fsp3) is 0.222. The van der Waals surface area contributed by atoms with Gasteiger partial charge in [-0.2, -0.15) is 0 Å². The highest BCUT2D eigenvalue weighted by Gasteiger charge is 2.06. The topological polar surface area (TPSA) is 66.4 Å². The molecule has 2 rings (SSSR count). The van der Waals surface area contributed by atoms with E-state index in [4.69, 9.17) is 5.11 Å². The fourth-order valence-electron chi connectivity index (χ4n) is 2.19. The van der Waals surface area contributed by atoms with Crippen LogP contribution >= 0.6 is 0 Å². The zero-order chi connectivity index (χ0) is 15.9. The van der Waals surface area contributed by atoms with E-state index < -0.39 is 5.97 Å². The first-order valence-electron chi connectivity index (χ1n) is 7.19. The van der Waals surface area contributed by atoms with E-state index in [0.29, 0.717) is 12.8 Å². The number of carbonyl (C=O) groups excluding carboxylic acids is 1. The van der Waals surface area contributed by atoms with Crippen LogP contribution in [0.15, 0.2) is 48.5 Å². The molecule has 0 aliphatic heterocycles. The number of amides is 1. The first kappa shape index (κ1) is 15.8. The highest BCUT2D eigenvalue weighted by atomic mass is 16.4. The van der Waals surface area contributed by atoms with Gasteiger partial charge in [0.2, 0.25) is 5.91 Å². The van der Waals surface area contributed by atoms with Crippen molar-refractivity contribution in [3.05, 3.63) is 65.2 Å². The number of anilines is 1. The summed E-state index contributed by atoms with van der Waals surface area (Å²) in [7, 11) is 0. The van der Waals surface area contributed by atoms with Gasteiger partial charge in [-0.05, 0) is 42.2 Å². The molecule has 0 unspecified atom stereocenters. The normalized spacial score (nSPS) is 10.2. The summed E-state index contributed by atoms with van der Waals surface area (Å²) in [6, 6.07) is 15.1. The highest BCUT2D eigenvalue weighted by Crippen LogP contribution is 2.13. The van der Waals surface area contributed by atoms with Gasteiger partial charge in [-0.15, -0.1) is 0 Å². The molecule has 2 N–H and O–H groups in total. The van der Waals surface area contributed by atoms with Crippen molar-refractivity contribution < 1.29 is 14.7 Å². The summed E-state index contributed by atoms with van der Waals surface area (Å²) in [5.74, 6) is -0.872. The molecule has 4 nitrogen and oxygen atoms in total. The highest BCUT2D eigenvalue weighted by molar-refractivity contribution is 5.92. The van der Waals surface area contributed by atoms with Gasteiger partial charge in [0.25, 0.3) is 0 Å². The zero-order valence-electron chi connectivity index (χ0n) is 12.5. The Morgan fingerprint density at radius 2 is 1.73 bits per heavy atom. The lowest BCUT2D eigenvalue weighted by Gasteiger charge is -2.08. The minimum absolute atomic E-state index is 0.0624. The maximum absolute atomic E-state index is 12.0. The van der Waals surface area contributed by atoms with Crippen LogP contribution in [-0.4, -0.2) is 17.0 Å². The summed E-state index contributed by atoms with van der Waals surface area (Å²) >= 11 is 0. The number of carboxylic acid groups (broad SMARTS) is 1. The summed E-state index contributed by atoms with van der Waals surface area (Å²) < 4.78 is 0. The Kier molecular flexibility index (Phi) is 5.31. The Balaban J connectivity index is 1.91. The van der Waals surface area contributed by atoms with Gasteiger partial charge >= 0.3 is 5.97 Å². The number of carboxylic acids is 1. The van der Waals surface area contributed by atoms with Crippen molar-refractivity contribution in [2.75, 3.05) is 5.32 Å². The van der Waals surface area contributed by atoms with Crippen LogP contribution in [0.4, 0.5) is 5.69 Å². The molecule has 2 aromatic carbocycles. The Labute approximate surface area is 129 Å². The van der Waals surface area contributed by atoms with Crippen molar-refractivity contribution in [2.45, 2.75) is 26.2 Å². The fourth-order valence-corrected chi connectivity index (χ4v) is 2.19. The maximum atomic E-state index is 12.0. The van der Waals surface area contributed by atoms with E-state index in [0.717, 1.165) is 22.4 Å². The Hall–Kier alpha value is -2.62. The molecule has 0 bridgehead atoms. The molecule has 2 aromatic rings. The molecule has 0 aliphatic carbocycles. The smallest absolute Gasteiger partial charge is 0.303 e. The molecule has 0 atom stereocenters. The zero-order valence-corrected chi connectivity index (χ0v) is 12.5. The van der Waals surface area contributed by atoms with Crippen molar-refractivity contribution in [1.29, 1.82) is 0 Å². The summed E-state index contributed by atoms with van der Waals surface area (Å²) in [6.45, 7) is 1.99. The van der Waals surface area contributed by atoms with Crippen LogP contribution in [0.2, 0.25) is 0 Å². The van der Waals surface area contributed by atoms with Crippen molar-refractivity contribution in [1.82, 2.24) is 0 Å². The van der Waals surface area contributed by atoms with Crippen LogP contribution in [0.25, 0.3) is 0 Å². The standard InChI is InChI=1S/C18H19NO3/c1-13-4-2-3-5-15(13)12-17(20)19-16-9-6-14(7-10-16)8-11-18(21)22/h2-7,9-10H,8,11-12H2,1H3,(H,19,20)(H,21,22). The molecule has 0 heterocycles. The Bertz CT molecular complexity index is 662. The lowest BCUT2D eigenvalue weighted by atomic mass is 10.1. The van der Waals surface area contributed by atoms with E-state index in [1.165, 1.54) is 0 Å². The van der Waals surface area contributed by atoms with E-state index in [-0.39, 0.29) is 12.3 Å². The molecule has 4 heteroatoms. The van der Waals surface area contributed by atoms with Crippen molar-refractivity contribution in [2.24, 2.45) is 0 Å². The number of aliphatic carboxylic acids is 1. The first-order chi connectivity index (χ1) is 10.5. The molecule has 0 fully saturated rings. The number of hydrogen-bond donors (Lipinski definition) is 2. The van der Waals surface area contributed by atoms with Crippen LogP contribution in [0.3, 0.4) is 0 Å². The second-order valence-electron chi connectivity index (χ2n) is 5.24. The molecule has 0 spiro atoms. The number of benzene rings is 2. The second kappa shape index (κ2) is 7.41. The molecule has 0 radical (unpaired) electrons. The SMILES string of the molecule is Cc1ccccc1CC(=O)Nc1ccc(CCC(=O)O)cc1. The van der Waals surface area contributed by atoms with Crippen LogP contribution in [0.5, 0.6) is 0 Å². The van der Waals surface area contributed by atoms with E-state index in [1.807, 2.05) is 43.3 Å². The van der Waals surface area contributed by atoms with Gasteiger partial charge in [0.05, 0.1) is 6.42 Å². The van der Waals surface area contributed by atoms with Gasteiger partial charge in [-0.25, -0.2) is 0 Å². The predicted molar refractivity (Wildman–Crippen MR) is 85.9 cm³/mol. The minimum atomic E-state index is -0.810. The summed E-state index contributed by atoms with van der Waals surface area (Å²) in [4.78, 5) is 22.6. The van der Waals surface area contributed by atoms with Crippen molar-refractivity contribution in [3.8, 4) is 0 Å². The lowest BCUT2D eigenvalue weighted by Crippen LogP contribution is -2.15. The first-order valence-corrected chi connectivity index (χ1v) is 7.19. The van der Waals surface area contributed by atoms with E-state index in [9.17, 15) is 9.59 Å². The van der Waals surface area contributed by atoms with E-state index in [1.54, 1.807) is 12.1 Å². The quantitative estimate of drug-likeness (QED) is 0.860. The van der Waals surface area contributed by atoms with E-state index in [2.05, 4.69) is 5.32 Å². The minimum Gasteiger partial charge on any atom is -0.481 e. The molecular weight excluding hydrogens is 278 g/mol. The molecule has 0 saturated heterocycles. The van der Waals surface area contributed by atoms with Gasteiger partial charge in [0.15, 0.2) is 0 Å². The average Bonchev–Trinajstić information content (AvgIpc) is 2.49. The van der Waals surface area contributed by atoms with E-state index >= 15 is 0 Å². The van der Waals surface area contributed by atoms with Crippen LogP contribution in [0, 0.1) is 6.92 Å². The van der Waals surface area contributed by atoms with Crippen LogP contribution < -0.4 is 5.32 Å². The van der Waals surface area contributed by atoms with Crippen molar-refractivity contribution in [3.63, 3.8) is 0 Å². The number of hydrogen-bond acceptors (Lipinski definition) is 2. The summed E-state index contributed by atoms with van der Waals surface area (Å²) in [5.41, 5.74) is 3.77. The lowest BCUT2D eigenvalue weighted by molar-refractivity contribution is -0.137. The third-order valence-electron chi connectivity index (χ3n) is 3.48. The summed E-state index contributed by atoms with van der Waals surface area (Å²) in [6.07, 6.45) is 0.944. The Morgan fingerprint density at radius 3 is 2.36 bits per heavy atom. The van der Waals surface area contributed by atoms with Crippen LogP contribution in [-0.2, 0) is 22.4 Å². The molecule has 114 valence electrons. The monoisotopic (exact) mass is 297 g/mol. The van der Waals surface area contributed by atoms with Gasteiger partial charge < -0.3 is 10.4 Å². The van der Waals surface area contributed by atoms with Gasteiger partial charge in [-0.3, -0.25) is 9.59 Å². The molecule has 1 amide bonds. The average molecular weight is 297 g/mol. The number of nitrogens with one attached hydrogen (secondary N) is 1. The predicted octanol–water partition coefficient (Wildman–Crippen LogP) is 3.19. The number of aryl methyl sites for hydroxylation is 2.